The van der Waals surface area contributed by atoms with Crippen LogP contribution in [0.3, 0.4) is 0 Å². The smallest absolute Gasteiger partial charge is 0.115 e. The minimum atomic E-state index is 0.366. The van der Waals surface area contributed by atoms with Crippen LogP contribution in [-0.4, -0.2) is 45.6 Å². The van der Waals surface area contributed by atoms with E-state index in [0.717, 1.165) is 25.6 Å². The van der Waals surface area contributed by atoms with Crippen molar-refractivity contribution in [3.8, 4) is 5.75 Å². The van der Waals surface area contributed by atoms with Crippen molar-refractivity contribution in [1.29, 1.82) is 0 Å². The van der Waals surface area contributed by atoms with E-state index in [1.165, 1.54) is 37.1 Å². The molecule has 1 aromatic carbocycles. The molecule has 2 aromatic rings. The van der Waals surface area contributed by atoms with Gasteiger partial charge in [-0.15, -0.1) is 0 Å². The molecule has 1 aromatic heterocycles. The third kappa shape index (κ3) is 3.60. The third-order valence-corrected chi connectivity index (χ3v) is 5.33. The van der Waals surface area contributed by atoms with Crippen LogP contribution in [0.5, 0.6) is 5.75 Å². The SMILES string of the molecule is Oc1cccc(CN2C[C@@H]3CC[C@H]2CN(Cc2cccnc2)C3)c1. The van der Waals surface area contributed by atoms with Gasteiger partial charge in [0.15, 0.2) is 0 Å². The average molecular weight is 323 g/mol. The van der Waals surface area contributed by atoms with Crippen LogP contribution in [0.1, 0.15) is 24.0 Å². The summed E-state index contributed by atoms with van der Waals surface area (Å²) < 4.78 is 0. The van der Waals surface area contributed by atoms with Crippen LogP contribution in [-0.2, 0) is 13.1 Å². The molecule has 0 saturated carbocycles. The molecule has 0 amide bonds. The maximum absolute atomic E-state index is 9.70. The van der Waals surface area contributed by atoms with Crippen LogP contribution in [0.4, 0.5) is 0 Å². The standard InChI is InChI=1S/C20H25N3O/c24-20-5-1-3-16(9-20)13-23-14-18-6-7-19(23)15-22(12-18)11-17-4-2-8-21-10-17/h1-5,8-10,18-19,24H,6-7,11-15H2/t18-,19+/m1/s1. The monoisotopic (exact) mass is 323 g/mol. The van der Waals surface area contributed by atoms with E-state index in [0.29, 0.717) is 11.8 Å². The Bertz CT molecular complexity index is 676. The van der Waals surface area contributed by atoms with E-state index < -0.39 is 0 Å². The lowest BCUT2D eigenvalue weighted by molar-refractivity contribution is 0.123. The van der Waals surface area contributed by atoms with E-state index in [1.54, 1.807) is 6.07 Å². The summed E-state index contributed by atoms with van der Waals surface area (Å²) in [5.74, 6) is 1.11. The zero-order valence-electron chi connectivity index (χ0n) is 14.0. The van der Waals surface area contributed by atoms with Crippen molar-refractivity contribution in [2.45, 2.75) is 32.0 Å². The molecule has 24 heavy (non-hydrogen) atoms. The Balaban J connectivity index is 1.44. The molecule has 3 saturated heterocycles. The number of piperidine rings is 1. The van der Waals surface area contributed by atoms with Gasteiger partial charge in [0.1, 0.15) is 5.75 Å². The second kappa shape index (κ2) is 6.91. The Morgan fingerprint density at radius 3 is 2.75 bits per heavy atom. The molecule has 4 nitrogen and oxygen atoms in total. The number of fused-ring (bicyclic) bond motifs is 4. The molecule has 0 radical (unpaired) electrons. The highest BCUT2D eigenvalue weighted by Gasteiger charge is 2.34. The number of rotatable bonds is 4. The van der Waals surface area contributed by atoms with Crippen LogP contribution in [0.15, 0.2) is 48.8 Å². The van der Waals surface area contributed by atoms with Crippen LogP contribution in [0.2, 0.25) is 0 Å². The number of aromatic hydroxyl groups is 1. The minimum absolute atomic E-state index is 0.366. The van der Waals surface area contributed by atoms with Crippen molar-refractivity contribution in [2.75, 3.05) is 19.6 Å². The van der Waals surface area contributed by atoms with Crippen LogP contribution >= 0.6 is 0 Å². The predicted octanol–water partition coefficient (Wildman–Crippen LogP) is 2.88. The molecule has 5 rings (SSSR count). The largest absolute Gasteiger partial charge is 0.508 e. The summed E-state index contributed by atoms with van der Waals surface area (Å²) in [7, 11) is 0. The number of phenols is 1. The Kier molecular flexibility index (Phi) is 4.50. The van der Waals surface area contributed by atoms with E-state index in [2.05, 4.69) is 26.9 Å². The lowest BCUT2D eigenvalue weighted by Crippen LogP contribution is -2.43. The molecular formula is C20H25N3O. The molecular weight excluding hydrogens is 298 g/mol. The number of hydrogen-bond acceptors (Lipinski definition) is 4. The highest BCUT2D eigenvalue weighted by Crippen LogP contribution is 2.30. The summed E-state index contributed by atoms with van der Waals surface area (Å²) in [6.07, 6.45) is 6.45. The summed E-state index contributed by atoms with van der Waals surface area (Å²) in [5, 5.41) is 9.70. The Morgan fingerprint density at radius 2 is 1.92 bits per heavy atom. The Hall–Kier alpha value is -1.91. The quantitative estimate of drug-likeness (QED) is 0.939. The molecule has 126 valence electrons. The van der Waals surface area contributed by atoms with Crippen LogP contribution in [0, 0.1) is 5.92 Å². The van der Waals surface area contributed by atoms with Gasteiger partial charge in [0.25, 0.3) is 0 Å². The number of nitrogens with zero attached hydrogens (tertiary/aromatic N) is 3. The highest BCUT2D eigenvalue weighted by molar-refractivity contribution is 5.27. The van der Waals surface area contributed by atoms with E-state index in [1.807, 2.05) is 30.6 Å². The van der Waals surface area contributed by atoms with Gasteiger partial charge in [-0.3, -0.25) is 14.8 Å². The molecule has 2 atom stereocenters. The van der Waals surface area contributed by atoms with Gasteiger partial charge in [-0.2, -0.15) is 0 Å². The zero-order chi connectivity index (χ0) is 16.4. The maximum atomic E-state index is 9.70. The van der Waals surface area contributed by atoms with E-state index in [-0.39, 0.29) is 0 Å². The molecule has 3 aliphatic heterocycles. The van der Waals surface area contributed by atoms with Crippen molar-refractivity contribution in [3.05, 3.63) is 59.9 Å². The molecule has 2 bridgehead atoms. The van der Waals surface area contributed by atoms with Gasteiger partial charge in [-0.1, -0.05) is 18.2 Å². The molecule has 4 heteroatoms. The molecule has 4 heterocycles. The molecule has 1 N–H and O–H groups in total. The first-order chi connectivity index (χ1) is 11.8. The van der Waals surface area contributed by atoms with Crippen LogP contribution in [0.25, 0.3) is 0 Å². The molecule has 3 aliphatic rings. The Labute approximate surface area is 143 Å². The second-order valence-corrected chi connectivity index (χ2v) is 7.25. The van der Waals surface area contributed by atoms with Crippen LogP contribution < -0.4 is 0 Å². The fourth-order valence-corrected chi connectivity index (χ4v) is 4.24. The van der Waals surface area contributed by atoms with Crippen molar-refractivity contribution in [3.63, 3.8) is 0 Å². The van der Waals surface area contributed by atoms with Crippen molar-refractivity contribution >= 4 is 0 Å². The second-order valence-electron chi connectivity index (χ2n) is 7.25. The number of pyridine rings is 1. The Morgan fingerprint density at radius 1 is 1.00 bits per heavy atom. The van der Waals surface area contributed by atoms with E-state index >= 15 is 0 Å². The number of hydrogen-bond donors (Lipinski definition) is 1. The fraction of sp³-hybridized carbons (Fsp3) is 0.450. The number of phenolic OH excluding ortho intramolecular Hbond substituents is 1. The van der Waals surface area contributed by atoms with Gasteiger partial charge in [0.05, 0.1) is 0 Å². The zero-order valence-corrected chi connectivity index (χ0v) is 14.0. The summed E-state index contributed by atoms with van der Waals surface area (Å²) in [5.41, 5.74) is 2.51. The summed E-state index contributed by atoms with van der Waals surface area (Å²) >= 11 is 0. The molecule has 0 unspecified atom stereocenters. The lowest BCUT2D eigenvalue weighted by Gasteiger charge is -2.36. The van der Waals surface area contributed by atoms with Crippen molar-refractivity contribution in [1.82, 2.24) is 14.8 Å². The van der Waals surface area contributed by atoms with E-state index in [9.17, 15) is 5.11 Å². The van der Waals surface area contributed by atoms with Gasteiger partial charge in [-0.05, 0) is 48.1 Å². The molecule has 3 fully saturated rings. The van der Waals surface area contributed by atoms with Gasteiger partial charge in [0, 0.05) is 51.2 Å². The first kappa shape index (κ1) is 15.6. The number of benzene rings is 1. The molecule has 0 spiro atoms. The van der Waals surface area contributed by atoms with Gasteiger partial charge < -0.3 is 5.11 Å². The lowest BCUT2D eigenvalue weighted by atomic mass is 9.94. The summed E-state index contributed by atoms with van der Waals surface area (Å²) in [6.45, 7) is 5.42. The predicted molar refractivity (Wildman–Crippen MR) is 94.5 cm³/mol. The fourth-order valence-electron chi connectivity index (χ4n) is 4.24. The van der Waals surface area contributed by atoms with Gasteiger partial charge >= 0.3 is 0 Å². The maximum Gasteiger partial charge on any atom is 0.115 e. The summed E-state index contributed by atoms with van der Waals surface area (Å²) in [6, 6.07) is 12.5. The van der Waals surface area contributed by atoms with Gasteiger partial charge in [-0.25, -0.2) is 0 Å². The van der Waals surface area contributed by atoms with Crippen molar-refractivity contribution < 1.29 is 5.11 Å². The summed E-state index contributed by atoms with van der Waals surface area (Å²) in [4.78, 5) is 9.46. The third-order valence-electron chi connectivity index (χ3n) is 5.33. The van der Waals surface area contributed by atoms with Gasteiger partial charge in [0.2, 0.25) is 0 Å². The average Bonchev–Trinajstić information content (AvgIpc) is 2.86. The topological polar surface area (TPSA) is 39.6 Å². The first-order valence-electron chi connectivity index (χ1n) is 8.89. The molecule has 0 aliphatic carbocycles. The van der Waals surface area contributed by atoms with Crippen molar-refractivity contribution in [2.24, 2.45) is 5.92 Å². The first-order valence-corrected chi connectivity index (χ1v) is 8.89. The highest BCUT2D eigenvalue weighted by atomic mass is 16.3. The minimum Gasteiger partial charge on any atom is -0.508 e. The van der Waals surface area contributed by atoms with E-state index in [4.69, 9.17) is 0 Å². The number of aromatic nitrogens is 1. The normalized spacial score (nSPS) is 24.8.